The third-order valence-corrected chi connectivity index (χ3v) is 5.63. The number of hydrogen-bond donors (Lipinski definition) is 1. The number of furan rings is 1. The van der Waals surface area contributed by atoms with Gasteiger partial charge in [-0.15, -0.1) is 22.7 Å². The van der Waals surface area contributed by atoms with Crippen LogP contribution < -0.4 is 10.1 Å². The molecular formula is C20H15FN4O3S2. The molecule has 30 heavy (non-hydrogen) atoms. The first kappa shape index (κ1) is 19.9. The molecular weight excluding hydrogens is 427 g/mol. The van der Waals surface area contributed by atoms with E-state index in [1.54, 1.807) is 51.9 Å². The number of nitrogens with one attached hydrogen (secondary N) is 1. The Bertz CT molecular complexity index is 1240. The first-order valence-electron chi connectivity index (χ1n) is 8.82. The van der Waals surface area contributed by atoms with Crippen molar-refractivity contribution in [1.82, 2.24) is 9.55 Å². The third kappa shape index (κ3) is 4.78. The second kappa shape index (κ2) is 8.97. The standard InChI is InChI=1S/C20H15FN4O3S2/c21-15-5-2-1-4-13(15)11-25-7-9-29-20(25)23-17(26)10-14-12-30-19(22-14)24-18(27)16-6-3-8-28-16/h1-9,12H,10-11H2,(H,22,24,27). The molecule has 0 radical (unpaired) electrons. The second-order valence-corrected chi connectivity index (χ2v) is 7.89. The van der Waals surface area contributed by atoms with Gasteiger partial charge >= 0.3 is 0 Å². The Hall–Kier alpha value is -3.37. The lowest BCUT2D eigenvalue weighted by molar-refractivity contribution is -0.117. The fourth-order valence-electron chi connectivity index (χ4n) is 2.63. The van der Waals surface area contributed by atoms with Gasteiger partial charge in [0.2, 0.25) is 0 Å². The summed E-state index contributed by atoms with van der Waals surface area (Å²) < 4.78 is 20.6. The molecule has 4 rings (SSSR count). The van der Waals surface area contributed by atoms with E-state index in [1.807, 2.05) is 0 Å². The summed E-state index contributed by atoms with van der Waals surface area (Å²) in [6, 6.07) is 9.65. The summed E-state index contributed by atoms with van der Waals surface area (Å²) in [5, 5.41) is 6.46. The Kier molecular flexibility index (Phi) is 5.96. The molecule has 3 aromatic heterocycles. The number of carbonyl (C=O) groups excluding carboxylic acids is 2. The fourth-order valence-corrected chi connectivity index (χ4v) is 4.08. The lowest BCUT2D eigenvalue weighted by Crippen LogP contribution is -2.18. The molecule has 10 heteroatoms. The van der Waals surface area contributed by atoms with Crippen molar-refractivity contribution in [3.63, 3.8) is 0 Å². The zero-order valence-corrected chi connectivity index (χ0v) is 17.1. The minimum atomic E-state index is -0.412. The first-order chi connectivity index (χ1) is 14.6. The number of carbonyl (C=O) groups is 2. The number of halogens is 1. The van der Waals surface area contributed by atoms with Crippen LogP contribution in [-0.4, -0.2) is 21.4 Å². The molecule has 0 aliphatic rings. The molecule has 1 N–H and O–H groups in total. The Morgan fingerprint density at radius 2 is 2.07 bits per heavy atom. The summed E-state index contributed by atoms with van der Waals surface area (Å²) in [5.74, 6) is -0.923. The van der Waals surface area contributed by atoms with E-state index < -0.39 is 5.91 Å². The van der Waals surface area contributed by atoms with Gasteiger partial charge in [-0.2, -0.15) is 4.99 Å². The molecule has 0 atom stereocenters. The van der Waals surface area contributed by atoms with E-state index in [0.29, 0.717) is 21.2 Å². The molecule has 4 aromatic rings. The van der Waals surface area contributed by atoms with Gasteiger partial charge in [0.1, 0.15) is 5.82 Å². The van der Waals surface area contributed by atoms with Crippen molar-refractivity contribution in [2.24, 2.45) is 4.99 Å². The molecule has 2 amide bonds. The number of benzene rings is 1. The molecule has 0 bridgehead atoms. The molecule has 1 aromatic carbocycles. The maximum absolute atomic E-state index is 13.9. The number of thiazole rings is 2. The highest BCUT2D eigenvalue weighted by molar-refractivity contribution is 7.14. The molecule has 0 aliphatic carbocycles. The Labute approximate surface area is 178 Å². The van der Waals surface area contributed by atoms with Crippen LogP contribution in [0, 0.1) is 5.82 Å². The Balaban J connectivity index is 1.42. The van der Waals surface area contributed by atoms with Crippen molar-refractivity contribution in [2.75, 3.05) is 5.32 Å². The van der Waals surface area contributed by atoms with E-state index in [9.17, 15) is 14.0 Å². The van der Waals surface area contributed by atoms with Crippen LogP contribution in [0.5, 0.6) is 0 Å². The Morgan fingerprint density at radius 1 is 1.20 bits per heavy atom. The van der Waals surface area contributed by atoms with Crippen molar-refractivity contribution in [3.05, 3.63) is 87.3 Å². The highest BCUT2D eigenvalue weighted by Crippen LogP contribution is 2.17. The van der Waals surface area contributed by atoms with E-state index in [2.05, 4.69) is 15.3 Å². The summed E-state index contributed by atoms with van der Waals surface area (Å²) in [6.07, 6.45) is 3.16. The van der Waals surface area contributed by atoms with Crippen LogP contribution >= 0.6 is 22.7 Å². The number of rotatable bonds is 6. The topological polar surface area (TPSA) is 89.5 Å². The van der Waals surface area contributed by atoms with Gasteiger partial charge in [-0.3, -0.25) is 14.9 Å². The van der Waals surface area contributed by atoms with E-state index >= 15 is 0 Å². The van der Waals surface area contributed by atoms with Crippen LogP contribution in [0.2, 0.25) is 0 Å². The third-order valence-electron chi connectivity index (χ3n) is 4.03. The van der Waals surface area contributed by atoms with Gasteiger partial charge in [-0.1, -0.05) is 18.2 Å². The quantitative estimate of drug-likeness (QED) is 0.493. The van der Waals surface area contributed by atoms with Crippen molar-refractivity contribution < 1.29 is 18.4 Å². The minimum absolute atomic E-state index is 0.00921. The summed E-state index contributed by atoms with van der Waals surface area (Å²) in [7, 11) is 0. The van der Waals surface area contributed by atoms with Crippen molar-refractivity contribution in [1.29, 1.82) is 0 Å². The van der Waals surface area contributed by atoms with Crippen LogP contribution in [0.15, 0.2) is 69.0 Å². The van der Waals surface area contributed by atoms with Gasteiger partial charge in [0, 0.05) is 22.5 Å². The molecule has 0 fully saturated rings. The molecule has 152 valence electrons. The van der Waals surface area contributed by atoms with Crippen LogP contribution in [-0.2, 0) is 17.8 Å². The van der Waals surface area contributed by atoms with Gasteiger partial charge in [0.25, 0.3) is 11.8 Å². The number of aromatic nitrogens is 2. The lowest BCUT2D eigenvalue weighted by atomic mass is 10.2. The average molecular weight is 442 g/mol. The van der Waals surface area contributed by atoms with E-state index in [0.717, 1.165) is 0 Å². The monoisotopic (exact) mass is 442 g/mol. The smallest absolute Gasteiger partial charge is 0.293 e. The fraction of sp³-hybridized carbons (Fsp3) is 0.100. The first-order valence-corrected chi connectivity index (χ1v) is 10.6. The second-order valence-electron chi connectivity index (χ2n) is 6.16. The van der Waals surface area contributed by atoms with Crippen molar-refractivity contribution in [3.8, 4) is 0 Å². The van der Waals surface area contributed by atoms with Gasteiger partial charge in [-0.05, 0) is 18.2 Å². The van der Waals surface area contributed by atoms with Crippen LogP contribution in [0.1, 0.15) is 21.8 Å². The van der Waals surface area contributed by atoms with Gasteiger partial charge in [0.05, 0.1) is 24.9 Å². The summed E-state index contributed by atoms with van der Waals surface area (Å²) in [6.45, 7) is 0.280. The lowest BCUT2D eigenvalue weighted by Gasteiger charge is -2.04. The van der Waals surface area contributed by atoms with Crippen LogP contribution in [0.25, 0.3) is 0 Å². The maximum Gasteiger partial charge on any atom is 0.293 e. The zero-order chi connectivity index (χ0) is 20.9. The number of anilines is 1. The number of hydrogen-bond acceptors (Lipinski definition) is 6. The van der Waals surface area contributed by atoms with Gasteiger partial charge in [-0.25, -0.2) is 9.37 Å². The number of amides is 2. The van der Waals surface area contributed by atoms with Gasteiger partial charge in [0.15, 0.2) is 15.7 Å². The molecule has 0 spiro atoms. The predicted molar refractivity (Wildman–Crippen MR) is 111 cm³/mol. The summed E-state index contributed by atoms with van der Waals surface area (Å²) in [5.41, 5.74) is 1.02. The van der Waals surface area contributed by atoms with Crippen molar-refractivity contribution >= 4 is 39.6 Å². The maximum atomic E-state index is 13.9. The normalized spacial score (nSPS) is 11.6. The Morgan fingerprint density at radius 3 is 2.87 bits per heavy atom. The molecule has 0 saturated heterocycles. The zero-order valence-electron chi connectivity index (χ0n) is 15.4. The highest BCUT2D eigenvalue weighted by atomic mass is 32.1. The van der Waals surface area contributed by atoms with Gasteiger partial charge < -0.3 is 8.98 Å². The van der Waals surface area contributed by atoms with E-state index in [-0.39, 0.29) is 30.5 Å². The minimum Gasteiger partial charge on any atom is -0.459 e. The average Bonchev–Trinajstić information content (AvgIpc) is 3.47. The van der Waals surface area contributed by atoms with Crippen molar-refractivity contribution in [2.45, 2.75) is 13.0 Å². The SMILES string of the molecule is O=C(Cc1csc(NC(=O)c2ccco2)n1)N=c1sccn1Cc1ccccc1F. The highest BCUT2D eigenvalue weighted by Gasteiger charge is 2.13. The summed E-state index contributed by atoms with van der Waals surface area (Å²) >= 11 is 2.50. The predicted octanol–water partition coefficient (Wildman–Crippen LogP) is 3.71. The van der Waals surface area contributed by atoms with E-state index in [1.165, 1.54) is 35.0 Å². The molecule has 7 nitrogen and oxygen atoms in total. The molecule has 0 saturated carbocycles. The largest absolute Gasteiger partial charge is 0.459 e. The van der Waals surface area contributed by atoms with Crippen LogP contribution in [0.3, 0.4) is 0 Å². The number of nitrogens with zero attached hydrogens (tertiary/aromatic N) is 3. The molecule has 0 aliphatic heterocycles. The van der Waals surface area contributed by atoms with Crippen LogP contribution in [0.4, 0.5) is 9.52 Å². The summed E-state index contributed by atoms with van der Waals surface area (Å²) in [4.78, 5) is 33.2. The van der Waals surface area contributed by atoms with E-state index in [4.69, 9.17) is 4.42 Å². The molecule has 0 unspecified atom stereocenters. The molecule has 3 heterocycles.